The predicted molar refractivity (Wildman–Crippen MR) is 144 cm³/mol. The average molecular weight is 552 g/mol. The van der Waals surface area contributed by atoms with Crippen molar-refractivity contribution in [1.29, 1.82) is 0 Å². The number of hydrogen-bond donors (Lipinski definition) is 2. The van der Waals surface area contributed by atoms with Crippen molar-refractivity contribution >= 4 is 41.0 Å². The topological polar surface area (TPSA) is 95.9 Å². The Morgan fingerprint density at radius 1 is 1.22 bits per heavy atom. The third-order valence-electron chi connectivity index (χ3n) is 7.10. The lowest BCUT2D eigenvalue weighted by molar-refractivity contribution is -0.178. The Bertz CT molecular complexity index is 1110. The van der Waals surface area contributed by atoms with Gasteiger partial charge in [-0.05, 0) is 76.6 Å². The molecular formula is C28H36Cl2N2O5. The normalized spacial score (nSPS) is 28.8. The number of carbonyl (C=O) groups is 3. The highest BCUT2D eigenvalue weighted by atomic mass is 35.5. The van der Waals surface area contributed by atoms with E-state index in [0.717, 1.165) is 5.56 Å². The van der Waals surface area contributed by atoms with Gasteiger partial charge >= 0.3 is 11.9 Å². The van der Waals surface area contributed by atoms with Crippen LogP contribution in [-0.4, -0.2) is 45.0 Å². The van der Waals surface area contributed by atoms with Crippen LogP contribution in [0.2, 0.25) is 5.02 Å². The molecule has 1 saturated heterocycles. The second-order valence-corrected chi connectivity index (χ2v) is 12.3. The van der Waals surface area contributed by atoms with Crippen LogP contribution in [0.4, 0.5) is 0 Å². The number of carbonyl (C=O) groups excluding carboxylic acids is 2. The van der Waals surface area contributed by atoms with Gasteiger partial charge in [0.2, 0.25) is 5.91 Å². The quantitative estimate of drug-likeness (QED) is 0.414. The number of likely N-dealkylation sites (tertiary alicyclic amines) is 1. The minimum Gasteiger partial charge on any atom is -0.481 e. The Balaban J connectivity index is 2.26. The van der Waals surface area contributed by atoms with Crippen LogP contribution in [0.5, 0.6) is 0 Å². The summed E-state index contributed by atoms with van der Waals surface area (Å²) in [5, 5.41) is 14.2. The molecule has 0 unspecified atom stereocenters. The molecule has 1 aromatic rings. The first kappa shape index (κ1) is 29.1. The lowest BCUT2D eigenvalue weighted by Gasteiger charge is -2.55. The maximum atomic E-state index is 14.3. The van der Waals surface area contributed by atoms with Gasteiger partial charge in [0.1, 0.15) is 11.6 Å². The third kappa shape index (κ3) is 6.32. The Kier molecular flexibility index (Phi) is 8.40. The van der Waals surface area contributed by atoms with Crippen LogP contribution in [0.15, 0.2) is 47.6 Å². The summed E-state index contributed by atoms with van der Waals surface area (Å²) in [4.78, 5) is 41.3. The summed E-state index contributed by atoms with van der Waals surface area (Å²) in [6.45, 7) is 10.8. The fourth-order valence-corrected chi connectivity index (χ4v) is 5.88. The lowest BCUT2D eigenvalue weighted by Crippen LogP contribution is -2.64. The largest absolute Gasteiger partial charge is 0.481 e. The summed E-state index contributed by atoms with van der Waals surface area (Å²) < 4.78 is 5.74. The molecule has 2 aliphatic heterocycles. The molecule has 0 aliphatic carbocycles. The van der Waals surface area contributed by atoms with Crippen LogP contribution in [0, 0.1) is 11.3 Å². The summed E-state index contributed by atoms with van der Waals surface area (Å²) in [6, 6.07) is 5.66. The zero-order chi connectivity index (χ0) is 27.8. The van der Waals surface area contributed by atoms with Gasteiger partial charge in [-0.1, -0.05) is 49.2 Å². The van der Waals surface area contributed by atoms with Crippen molar-refractivity contribution in [3.63, 3.8) is 0 Å². The Morgan fingerprint density at radius 2 is 1.84 bits per heavy atom. The molecule has 0 saturated carbocycles. The van der Waals surface area contributed by atoms with Crippen LogP contribution in [0.25, 0.3) is 0 Å². The number of dihydropyridines is 1. The van der Waals surface area contributed by atoms with Gasteiger partial charge in [0.15, 0.2) is 0 Å². The number of ether oxygens (including phenoxy) is 1. The van der Waals surface area contributed by atoms with E-state index in [0.29, 0.717) is 16.5 Å². The number of carboxylic acid groups (broad SMARTS) is 1. The zero-order valence-corrected chi connectivity index (χ0v) is 23.7. The number of piperidine rings is 1. The Labute approximate surface area is 228 Å². The Hall–Kier alpha value is -2.51. The number of halogens is 2. The number of nitrogens with zero attached hydrogens (tertiary/aromatic N) is 1. The monoisotopic (exact) mass is 550 g/mol. The number of benzene rings is 1. The number of nitrogens with one attached hydrogen (secondary N) is 1. The SMILES string of the molecule is CC[C@@H](C(=O)OC(C)(C)C)N1C(=O)[C@@](C)(CC(=O)O)C[C@H]([C@@]2(C)C=C(Cl)C=CN2)[C@H]1c1ccc(Cl)cc1. The molecule has 7 nitrogen and oxygen atoms in total. The molecule has 2 aliphatic rings. The number of amides is 1. The second-order valence-electron chi connectivity index (χ2n) is 11.4. The Morgan fingerprint density at radius 3 is 2.35 bits per heavy atom. The molecule has 0 radical (unpaired) electrons. The highest BCUT2D eigenvalue weighted by Crippen LogP contribution is 2.52. The molecule has 0 spiro atoms. The van der Waals surface area contributed by atoms with E-state index < -0.39 is 46.5 Å². The molecule has 5 atom stereocenters. The summed E-state index contributed by atoms with van der Waals surface area (Å²) in [5.74, 6) is -2.37. The molecule has 1 fully saturated rings. The molecular weight excluding hydrogens is 515 g/mol. The van der Waals surface area contributed by atoms with Gasteiger partial charge in [0, 0.05) is 16.0 Å². The van der Waals surface area contributed by atoms with E-state index in [1.54, 1.807) is 57.0 Å². The molecule has 3 rings (SSSR count). The fraction of sp³-hybridized carbons (Fsp3) is 0.536. The van der Waals surface area contributed by atoms with E-state index in [2.05, 4.69) is 5.32 Å². The number of carboxylic acids is 1. The molecule has 2 N–H and O–H groups in total. The molecule has 1 aromatic carbocycles. The average Bonchev–Trinajstić information content (AvgIpc) is 2.76. The van der Waals surface area contributed by atoms with E-state index >= 15 is 0 Å². The number of aliphatic carboxylic acids is 1. The zero-order valence-electron chi connectivity index (χ0n) is 22.2. The highest BCUT2D eigenvalue weighted by Gasteiger charge is 2.57. The summed E-state index contributed by atoms with van der Waals surface area (Å²) in [5.41, 5.74) is -1.99. The first-order valence-corrected chi connectivity index (χ1v) is 13.2. The predicted octanol–water partition coefficient (Wildman–Crippen LogP) is 5.83. The lowest BCUT2D eigenvalue weighted by atomic mass is 9.62. The van der Waals surface area contributed by atoms with Gasteiger partial charge in [0.25, 0.3) is 0 Å². The molecule has 202 valence electrons. The molecule has 0 aromatic heterocycles. The van der Waals surface area contributed by atoms with Crippen LogP contribution in [0.1, 0.15) is 72.4 Å². The maximum absolute atomic E-state index is 14.3. The van der Waals surface area contributed by atoms with Crippen molar-refractivity contribution in [3.05, 3.63) is 58.2 Å². The van der Waals surface area contributed by atoms with Crippen LogP contribution >= 0.6 is 23.2 Å². The van der Waals surface area contributed by atoms with Gasteiger partial charge in [-0.2, -0.15) is 0 Å². The van der Waals surface area contributed by atoms with Crippen LogP contribution in [-0.2, 0) is 19.1 Å². The molecule has 9 heteroatoms. The van der Waals surface area contributed by atoms with Crippen LogP contribution in [0.3, 0.4) is 0 Å². The van der Waals surface area contributed by atoms with Gasteiger partial charge in [-0.3, -0.25) is 9.59 Å². The van der Waals surface area contributed by atoms with E-state index in [9.17, 15) is 19.5 Å². The fourth-order valence-electron chi connectivity index (χ4n) is 5.46. The van der Waals surface area contributed by atoms with Crippen molar-refractivity contribution in [1.82, 2.24) is 10.2 Å². The number of allylic oxidation sites excluding steroid dienone is 2. The molecule has 37 heavy (non-hydrogen) atoms. The van der Waals surface area contributed by atoms with Crippen LogP contribution < -0.4 is 5.32 Å². The summed E-state index contributed by atoms with van der Waals surface area (Å²) in [7, 11) is 0. The van der Waals surface area contributed by atoms with Crippen molar-refractivity contribution in [3.8, 4) is 0 Å². The van der Waals surface area contributed by atoms with E-state index in [1.165, 1.54) is 0 Å². The molecule has 2 heterocycles. The number of hydrogen-bond acceptors (Lipinski definition) is 5. The third-order valence-corrected chi connectivity index (χ3v) is 7.59. The van der Waals surface area contributed by atoms with Crippen molar-refractivity contribution < 1.29 is 24.2 Å². The summed E-state index contributed by atoms with van der Waals surface area (Å²) in [6.07, 6.45) is 5.54. The molecule has 0 bridgehead atoms. The second kappa shape index (κ2) is 10.7. The minimum absolute atomic E-state index is 0.255. The first-order valence-electron chi connectivity index (χ1n) is 12.5. The smallest absolute Gasteiger partial charge is 0.329 e. The van der Waals surface area contributed by atoms with Crippen molar-refractivity contribution in [2.24, 2.45) is 11.3 Å². The van der Waals surface area contributed by atoms with Crippen molar-refractivity contribution in [2.45, 2.75) is 84.0 Å². The van der Waals surface area contributed by atoms with Gasteiger partial charge in [-0.25, -0.2) is 4.79 Å². The van der Waals surface area contributed by atoms with E-state index in [1.807, 2.05) is 32.1 Å². The van der Waals surface area contributed by atoms with Crippen molar-refractivity contribution in [2.75, 3.05) is 0 Å². The maximum Gasteiger partial charge on any atom is 0.329 e. The first-order chi connectivity index (χ1) is 17.1. The van der Waals surface area contributed by atoms with E-state index in [4.69, 9.17) is 27.9 Å². The summed E-state index contributed by atoms with van der Waals surface area (Å²) >= 11 is 12.6. The van der Waals surface area contributed by atoms with Gasteiger partial charge in [-0.15, -0.1) is 0 Å². The number of esters is 1. The highest BCUT2D eigenvalue weighted by molar-refractivity contribution is 6.31. The van der Waals surface area contributed by atoms with E-state index in [-0.39, 0.29) is 18.8 Å². The van der Waals surface area contributed by atoms with Gasteiger partial charge < -0.3 is 20.1 Å². The molecule has 1 amide bonds. The number of rotatable bonds is 7. The minimum atomic E-state index is -1.26. The van der Waals surface area contributed by atoms with Gasteiger partial charge in [0.05, 0.1) is 23.4 Å². The standard InChI is InChI=1S/C28H36Cl2N2O5/c1-7-21(24(35)37-26(2,3)4)32-23(17-8-10-18(29)11-9-17)20(28(6)14-19(30)12-13-31-28)15-27(5,25(32)36)16-22(33)34/h8-14,20-21,23,31H,7,15-16H2,1-6H3,(H,33,34)/t20-,21-,23+,27+,28+/m0/s1.